The zero-order valence-corrected chi connectivity index (χ0v) is 9.44. The van der Waals surface area contributed by atoms with Crippen molar-refractivity contribution in [1.29, 1.82) is 0 Å². The van der Waals surface area contributed by atoms with Crippen LogP contribution in [0.4, 0.5) is 18.9 Å². The summed E-state index contributed by atoms with van der Waals surface area (Å²) in [4.78, 5) is 0. The van der Waals surface area contributed by atoms with Crippen molar-refractivity contribution in [3.05, 3.63) is 29.3 Å². The van der Waals surface area contributed by atoms with Crippen molar-refractivity contribution in [2.45, 2.75) is 38.4 Å². The van der Waals surface area contributed by atoms with Crippen molar-refractivity contribution in [3.8, 4) is 0 Å². The molecule has 1 aliphatic rings. The van der Waals surface area contributed by atoms with Gasteiger partial charge in [0.2, 0.25) is 0 Å². The number of nitrogens with one attached hydrogen (secondary N) is 1. The van der Waals surface area contributed by atoms with Crippen LogP contribution in [0.5, 0.6) is 0 Å². The zero-order valence-electron chi connectivity index (χ0n) is 9.44. The number of halogens is 3. The van der Waals surface area contributed by atoms with E-state index in [9.17, 15) is 13.2 Å². The van der Waals surface area contributed by atoms with Gasteiger partial charge in [0, 0.05) is 11.5 Å². The Labute approximate surface area is 92.7 Å². The van der Waals surface area contributed by atoms with Gasteiger partial charge in [-0.1, -0.05) is 19.1 Å². The molecular weight excluding hydrogens is 215 g/mol. The van der Waals surface area contributed by atoms with E-state index < -0.39 is 11.7 Å². The number of hydrogen-bond donors (Lipinski definition) is 1. The largest absolute Gasteiger partial charge is 0.418 e. The molecule has 0 radical (unpaired) electrons. The van der Waals surface area contributed by atoms with Crippen molar-refractivity contribution in [3.63, 3.8) is 0 Å². The minimum atomic E-state index is -4.29. The number of rotatable bonds is 0. The lowest BCUT2D eigenvalue weighted by Gasteiger charge is -2.24. The topological polar surface area (TPSA) is 12.0 Å². The molecule has 1 aromatic rings. The maximum absolute atomic E-state index is 12.8. The van der Waals surface area contributed by atoms with Gasteiger partial charge < -0.3 is 5.32 Å². The number of hydrogen-bond acceptors (Lipinski definition) is 1. The highest BCUT2D eigenvalue weighted by Crippen LogP contribution is 2.47. The van der Waals surface area contributed by atoms with Gasteiger partial charge in [-0.2, -0.15) is 13.2 Å². The molecule has 4 heteroatoms. The zero-order chi connectivity index (χ0) is 12.1. The second kappa shape index (κ2) is 3.15. The SMILES string of the molecule is CC1c2cccc(C(F)(F)F)c2NC1(C)C. The average Bonchev–Trinajstić information content (AvgIpc) is 2.36. The van der Waals surface area contributed by atoms with Crippen LogP contribution in [0, 0.1) is 0 Å². The first-order valence-corrected chi connectivity index (χ1v) is 5.22. The van der Waals surface area contributed by atoms with Gasteiger partial charge in [-0.25, -0.2) is 0 Å². The molecule has 1 heterocycles. The van der Waals surface area contributed by atoms with Gasteiger partial charge in [0.05, 0.1) is 11.3 Å². The van der Waals surface area contributed by atoms with Crippen LogP contribution >= 0.6 is 0 Å². The van der Waals surface area contributed by atoms with E-state index in [0.717, 1.165) is 11.6 Å². The van der Waals surface area contributed by atoms with Crippen LogP contribution in [0.2, 0.25) is 0 Å². The Morgan fingerprint density at radius 3 is 2.44 bits per heavy atom. The minimum absolute atomic E-state index is 0.0739. The molecule has 1 aromatic carbocycles. The predicted octanol–water partition coefficient (Wildman–Crippen LogP) is 4.01. The summed E-state index contributed by atoms with van der Waals surface area (Å²) < 4.78 is 38.3. The van der Waals surface area contributed by atoms with Gasteiger partial charge in [0.25, 0.3) is 0 Å². The van der Waals surface area contributed by atoms with Crippen molar-refractivity contribution in [1.82, 2.24) is 0 Å². The summed E-state index contributed by atoms with van der Waals surface area (Å²) >= 11 is 0. The average molecular weight is 229 g/mol. The molecule has 1 nitrogen and oxygen atoms in total. The van der Waals surface area contributed by atoms with Gasteiger partial charge in [-0.15, -0.1) is 0 Å². The van der Waals surface area contributed by atoms with Crippen LogP contribution in [0.3, 0.4) is 0 Å². The van der Waals surface area contributed by atoms with E-state index in [0.29, 0.717) is 0 Å². The highest BCUT2D eigenvalue weighted by Gasteiger charge is 2.42. The van der Waals surface area contributed by atoms with Crippen molar-refractivity contribution in [2.75, 3.05) is 5.32 Å². The Bertz CT molecular complexity index is 421. The Kier molecular flexibility index (Phi) is 2.23. The van der Waals surface area contributed by atoms with E-state index in [-0.39, 0.29) is 17.1 Å². The third kappa shape index (κ3) is 1.56. The fourth-order valence-electron chi connectivity index (χ4n) is 2.13. The molecule has 1 unspecified atom stereocenters. The smallest absolute Gasteiger partial charge is 0.379 e. The Hall–Kier alpha value is -1.19. The molecule has 0 spiro atoms. The van der Waals surface area contributed by atoms with Crippen molar-refractivity contribution < 1.29 is 13.2 Å². The summed E-state index contributed by atoms with van der Waals surface area (Å²) in [6, 6.07) is 4.36. The first-order valence-electron chi connectivity index (χ1n) is 5.22. The molecule has 0 aliphatic carbocycles. The van der Waals surface area contributed by atoms with Crippen LogP contribution in [-0.2, 0) is 6.18 Å². The van der Waals surface area contributed by atoms with E-state index in [1.165, 1.54) is 6.07 Å². The molecular formula is C12H14F3N. The molecule has 0 amide bonds. The fourth-order valence-corrected chi connectivity index (χ4v) is 2.13. The number of fused-ring (bicyclic) bond motifs is 1. The van der Waals surface area contributed by atoms with Crippen LogP contribution in [0.15, 0.2) is 18.2 Å². The lowest BCUT2D eigenvalue weighted by Crippen LogP contribution is -2.30. The van der Waals surface area contributed by atoms with Gasteiger partial charge in [-0.05, 0) is 25.5 Å². The summed E-state index contributed by atoms with van der Waals surface area (Å²) in [6.45, 7) is 5.77. The van der Waals surface area contributed by atoms with Gasteiger partial charge >= 0.3 is 6.18 Å². The second-order valence-electron chi connectivity index (χ2n) is 4.84. The van der Waals surface area contributed by atoms with E-state index in [1.807, 2.05) is 20.8 Å². The number of anilines is 1. The minimum Gasteiger partial charge on any atom is -0.379 e. The Balaban J connectivity index is 2.58. The van der Waals surface area contributed by atoms with E-state index >= 15 is 0 Å². The summed E-state index contributed by atoms with van der Waals surface area (Å²) in [7, 11) is 0. The van der Waals surface area contributed by atoms with Crippen molar-refractivity contribution in [2.24, 2.45) is 0 Å². The molecule has 0 saturated heterocycles. The summed E-state index contributed by atoms with van der Waals surface area (Å²) in [5, 5.41) is 2.98. The summed E-state index contributed by atoms with van der Waals surface area (Å²) in [6.07, 6.45) is -4.29. The Morgan fingerprint density at radius 2 is 1.88 bits per heavy atom. The quantitative estimate of drug-likeness (QED) is 0.708. The number of benzene rings is 1. The molecule has 1 N–H and O–H groups in total. The molecule has 0 aromatic heterocycles. The molecule has 0 fully saturated rings. The fraction of sp³-hybridized carbons (Fsp3) is 0.500. The summed E-state index contributed by atoms with van der Waals surface area (Å²) in [5.41, 5.74) is 0.0960. The van der Waals surface area contributed by atoms with Crippen LogP contribution < -0.4 is 5.32 Å². The van der Waals surface area contributed by atoms with E-state index in [1.54, 1.807) is 6.07 Å². The second-order valence-corrected chi connectivity index (χ2v) is 4.84. The highest BCUT2D eigenvalue weighted by molar-refractivity contribution is 5.66. The maximum atomic E-state index is 12.8. The molecule has 0 saturated carbocycles. The first kappa shape index (κ1) is 11.3. The predicted molar refractivity (Wildman–Crippen MR) is 57.6 cm³/mol. The van der Waals surface area contributed by atoms with Crippen LogP contribution in [0.1, 0.15) is 37.8 Å². The molecule has 16 heavy (non-hydrogen) atoms. The van der Waals surface area contributed by atoms with Gasteiger partial charge in [0.1, 0.15) is 0 Å². The van der Waals surface area contributed by atoms with E-state index in [2.05, 4.69) is 5.32 Å². The van der Waals surface area contributed by atoms with E-state index in [4.69, 9.17) is 0 Å². The molecule has 2 rings (SSSR count). The third-order valence-electron chi connectivity index (χ3n) is 3.40. The Morgan fingerprint density at radius 1 is 1.25 bits per heavy atom. The lowest BCUT2D eigenvalue weighted by atomic mass is 9.87. The molecule has 1 atom stereocenters. The van der Waals surface area contributed by atoms with Gasteiger partial charge in [0.15, 0.2) is 0 Å². The monoisotopic (exact) mass is 229 g/mol. The first-order chi connectivity index (χ1) is 7.23. The standard InChI is InChI=1S/C12H14F3N/c1-7-8-5-4-6-9(12(13,14)15)10(8)16-11(7,2)3/h4-7,16H,1-3H3. The highest BCUT2D eigenvalue weighted by atomic mass is 19.4. The number of para-hydroxylation sites is 1. The third-order valence-corrected chi connectivity index (χ3v) is 3.40. The molecule has 0 bridgehead atoms. The van der Waals surface area contributed by atoms with Crippen LogP contribution in [-0.4, -0.2) is 5.54 Å². The lowest BCUT2D eigenvalue weighted by molar-refractivity contribution is -0.136. The maximum Gasteiger partial charge on any atom is 0.418 e. The van der Waals surface area contributed by atoms with Crippen LogP contribution in [0.25, 0.3) is 0 Å². The normalized spacial score (nSPS) is 22.8. The molecule has 88 valence electrons. The van der Waals surface area contributed by atoms with Gasteiger partial charge in [-0.3, -0.25) is 0 Å². The van der Waals surface area contributed by atoms with Crippen molar-refractivity contribution >= 4 is 5.69 Å². The molecule has 1 aliphatic heterocycles. The summed E-state index contributed by atoms with van der Waals surface area (Å²) in [5.74, 6) is 0.0739. The number of alkyl halides is 3.